The number of methoxy groups -OCH3 is 1. The minimum Gasteiger partial charge on any atom is -0.497 e. The molecular formula is C26H30N2O5S. The number of nitrogens with zero attached hydrogens (tertiary/aromatic N) is 1. The minimum atomic E-state index is -3.94. The van der Waals surface area contributed by atoms with Crippen LogP contribution in [0.15, 0.2) is 83.8 Å². The summed E-state index contributed by atoms with van der Waals surface area (Å²) in [7, 11) is -2.35. The van der Waals surface area contributed by atoms with Crippen LogP contribution in [0, 0.1) is 0 Å². The van der Waals surface area contributed by atoms with Crippen LogP contribution in [0.2, 0.25) is 0 Å². The molecule has 0 aliphatic rings. The number of hydrogen-bond acceptors (Lipinski definition) is 5. The van der Waals surface area contributed by atoms with Crippen molar-refractivity contribution in [2.75, 3.05) is 20.3 Å². The number of rotatable bonds is 11. The van der Waals surface area contributed by atoms with Crippen molar-refractivity contribution >= 4 is 15.9 Å². The number of sulfonamides is 1. The van der Waals surface area contributed by atoms with Gasteiger partial charge in [-0.15, -0.1) is 0 Å². The molecule has 0 saturated carbocycles. The fraction of sp³-hybridized carbons (Fsp3) is 0.269. The van der Waals surface area contributed by atoms with E-state index in [1.807, 2.05) is 68.4 Å². The van der Waals surface area contributed by atoms with Gasteiger partial charge in [0.05, 0.1) is 31.2 Å². The van der Waals surface area contributed by atoms with Crippen LogP contribution in [0.25, 0.3) is 0 Å². The van der Waals surface area contributed by atoms with Gasteiger partial charge in [0.2, 0.25) is 15.9 Å². The lowest BCUT2D eigenvalue weighted by Gasteiger charge is -2.23. The maximum absolute atomic E-state index is 13.5. The summed E-state index contributed by atoms with van der Waals surface area (Å²) in [5.41, 5.74) is 1.67. The molecule has 0 aliphatic heterocycles. The van der Waals surface area contributed by atoms with Gasteiger partial charge in [-0.2, -0.15) is 4.31 Å². The van der Waals surface area contributed by atoms with Crippen LogP contribution in [-0.2, 0) is 21.4 Å². The van der Waals surface area contributed by atoms with Gasteiger partial charge in [-0.1, -0.05) is 42.5 Å². The van der Waals surface area contributed by atoms with Gasteiger partial charge >= 0.3 is 0 Å². The standard InChI is InChI=1S/C26H30N2O5S/c1-4-33-24-14-16-25(17-15-24)34(30,31)28(18-21-8-6-5-7-9-21)19-26(29)27-20(2)22-10-12-23(32-3)13-11-22/h5-17,20H,4,18-19H2,1-3H3,(H,27,29). The van der Waals surface area contributed by atoms with Crippen molar-refractivity contribution < 1.29 is 22.7 Å². The molecule has 3 rings (SSSR count). The van der Waals surface area contributed by atoms with E-state index in [9.17, 15) is 13.2 Å². The summed E-state index contributed by atoms with van der Waals surface area (Å²) in [6, 6.07) is 22.5. The predicted octanol–water partition coefficient (Wildman–Crippen LogP) is 4.16. The van der Waals surface area contributed by atoms with Crippen molar-refractivity contribution in [2.24, 2.45) is 0 Å². The molecule has 0 radical (unpaired) electrons. The van der Waals surface area contributed by atoms with Crippen molar-refractivity contribution in [3.63, 3.8) is 0 Å². The lowest BCUT2D eigenvalue weighted by molar-refractivity contribution is -0.122. The number of ether oxygens (including phenoxy) is 2. The minimum absolute atomic E-state index is 0.0702. The zero-order valence-corrected chi connectivity index (χ0v) is 20.4. The van der Waals surface area contributed by atoms with Crippen LogP contribution in [0.1, 0.15) is 31.0 Å². The molecule has 3 aromatic carbocycles. The molecule has 1 unspecified atom stereocenters. The van der Waals surface area contributed by atoms with E-state index >= 15 is 0 Å². The van der Waals surface area contributed by atoms with E-state index in [4.69, 9.17) is 9.47 Å². The normalized spacial score (nSPS) is 12.2. The first-order chi connectivity index (χ1) is 16.3. The van der Waals surface area contributed by atoms with Crippen molar-refractivity contribution in [3.05, 3.63) is 90.0 Å². The van der Waals surface area contributed by atoms with E-state index in [0.717, 1.165) is 16.9 Å². The van der Waals surface area contributed by atoms with Gasteiger partial charge in [0.1, 0.15) is 11.5 Å². The third kappa shape index (κ3) is 6.59. The molecule has 0 fully saturated rings. The Kier molecular flexibility index (Phi) is 8.67. The number of carbonyl (C=O) groups is 1. The van der Waals surface area contributed by atoms with E-state index in [-0.39, 0.29) is 24.0 Å². The molecule has 1 atom stereocenters. The number of hydrogen-bond donors (Lipinski definition) is 1. The first-order valence-electron chi connectivity index (χ1n) is 11.0. The highest BCUT2D eigenvalue weighted by atomic mass is 32.2. The largest absolute Gasteiger partial charge is 0.497 e. The first kappa shape index (κ1) is 25.3. The van der Waals surface area contributed by atoms with Crippen LogP contribution >= 0.6 is 0 Å². The molecule has 0 bridgehead atoms. The van der Waals surface area contributed by atoms with E-state index in [0.29, 0.717) is 12.4 Å². The van der Waals surface area contributed by atoms with E-state index < -0.39 is 15.9 Å². The van der Waals surface area contributed by atoms with E-state index in [1.54, 1.807) is 19.2 Å². The highest BCUT2D eigenvalue weighted by Gasteiger charge is 2.27. The smallest absolute Gasteiger partial charge is 0.243 e. The fourth-order valence-corrected chi connectivity index (χ4v) is 4.84. The Morgan fingerprint density at radius 3 is 2.15 bits per heavy atom. The van der Waals surface area contributed by atoms with Crippen molar-refractivity contribution in [1.82, 2.24) is 9.62 Å². The molecule has 0 spiro atoms. The third-order valence-electron chi connectivity index (χ3n) is 5.29. The van der Waals surface area contributed by atoms with Crippen LogP contribution < -0.4 is 14.8 Å². The van der Waals surface area contributed by atoms with Gasteiger partial charge in [-0.3, -0.25) is 4.79 Å². The van der Waals surface area contributed by atoms with Gasteiger partial charge in [0, 0.05) is 6.54 Å². The lowest BCUT2D eigenvalue weighted by atomic mass is 10.1. The van der Waals surface area contributed by atoms with Crippen LogP contribution in [-0.4, -0.2) is 38.9 Å². The summed E-state index contributed by atoms with van der Waals surface area (Å²) in [6.07, 6.45) is 0. The van der Waals surface area contributed by atoms with Gasteiger partial charge in [-0.05, 0) is 61.4 Å². The summed E-state index contributed by atoms with van der Waals surface area (Å²) >= 11 is 0. The lowest BCUT2D eigenvalue weighted by Crippen LogP contribution is -2.41. The highest BCUT2D eigenvalue weighted by Crippen LogP contribution is 2.22. The maximum Gasteiger partial charge on any atom is 0.243 e. The second-order valence-corrected chi connectivity index (χ2v) is 9.66. The quantitative estimate of drug-likeness (QED) is 0.444. The monoisotopic (exact) mass is 482 g/mol. The summed E-state index contributed by atoms with van der Waals surface area (Å²) in [4.78, 5) is 13.0. The molecule has 180 valence electrons. The zero-order chi connectivity index (χ0) is 24.6. The molecule has 1 amide bonds. The number of amides is 1. The summed E-state index contributed by atoms with van der Waals surface area (Å²) in [5.74, 6) is 0.911. The predicted molar refractivity (Wildman–Crippen MR) is 131 cm³/mol. The van der Waals surface area contributed by atoms with Gasteiger partial charge in [0.15, 0.2) is 0 Å². The number of benzene rings is 3. The van der Waals surface area contributed by atoms with Crippen LogP contribution in [0.4, 0.5) is 0 Å². The van der Waals surface area contributed by atoms with E-state index in [2.05, 4.69) is 5.32 Å². The molecule has 1 N–H and O–H groups in total. The second kappa shape index (κ2) is 11.7. The maximum atomic E-state index is 13.5. The number of carbonyl (C=O) groups excluding carboxylic acids is 1. The second-order valence-electron chi connectivity index (χ2n) is 7.73. The Balaban J connectivity index is 1.79. The molecule has 7 nitrogen and oxygen atoms in total. The molecule has 8 heteroatoms. The zero-order valence-electron chi connectivity index (χ0n) is 19.6. The van der Waals surface area contributed by atoms with Gasteiger partial charge in [0.25, 0.3) is 0 Å². The van der Waals surface area contributed by atoms with Crippen LogP contribution in [0.5, 0.6) is 11.5 Å². The molecule has 0 saturated heterocycles. The molecule has 0 heterocycles. The van der Waals surface area contributed by atoms with Crippen molar-refractivity contribution in [1.29, 1.82) is 0 Å². The molecular weight excluding hydrogens is 452 g/mol. The summed E-state index contributed by atoms with van der Waals surface area (Å²) in [5, 5.41) is 2.89. The van der Waals surface area contributed by atoms with Crippen molar-refractivity contribution in [3.8, 4) is 11.5 Å². The highest BCUT2D eigenvalue weighted by molar-refractivity contribution is 7.89. The Morgan fingerprint density at radius 1 is 0.941 bits per heavy atom. The Morgan fingerprint density at radius 2 is 1.56 bits per heavy atom. The molecule has 0 aromatic heterocycles. The molecule has 34 heavy (non-hydrogen) atoms. The average Bonchev–Trinajstić information content (AvgIpc) is 2.85. The van der Waals surface area contributed by atoms with Gasteiger partial charge in [-0.25, -0.2) is 8.42 Å². The Hall–Kier alpha value is -3.36. The Labute approximate surface area is 201 Å². The summed E-state index contributed by atoms with van der Waals surface area (Å²) in [6.45, 7) is 3.95. The van der Waals surface area contributed by atoms with Crippen molar-refractivity contribution in [2.45, 2.75) is 31.3 Å². The Bertz CT molecular complexity index is 1160. The molecule has 0 aliphatic carbocycles. The third-order valence-corrected chi connectivity index (χ3v) is 7.09. The average molecular weight is 483 g/mol. The summed E-state index contributed by atoms with van der Waals surface area (Å²) < 4.78 is 38.7. The first-order valence-corrected chi connectivity index (χ1v) is 12.5. The SMILES string of the molecule is CCOc1ccc(S(=O)(=O)N(CC(=O)NC(C)c2ccc(OC)cc2)Cc2ccccc2)cc1. The van der Waals surface area contributed by atoms with Gasteiger partial charge < -0.3 is 14.8 Å². The fourth-order valence-electron chi connectivity index (χ4n) is 3.46. The number of nitrogens with one attached hydrogen (secondary N) is 1. The van der Waals surface area contributed by atoms with E-state index in [1.165, 1.54) is 16.4 Å². The topological polar surface area (TPSA) is 84.9 Å². The van der Waals surface area contributed by atoms with Crippen LogP contribution in [0.3, 0.4) is 0 Å². The molecule has 3 aromatic rings.